The van der Waals surface area contributed by atoms with E-state index >= 15 is 0 Å². The number of allylic oxidation sites excluding steroid dienone is 1. The molecule has 0 heterocycles. The molecule has 0 N–H and O–H groups in total. The number of terminal acetylenes is 1. The van der Waals surface area contributed by atoms with Crippen LogP contribution in [0.2, 0.25) is 0 Å². The molecule has 16 heavy (non-hydrogen) atoms. The summed E-state index contributed by atoms with van der Waals surface area (Å²) < 4.78 is 10.5. The normalized spacial score (nSPS) is 10.2. The molecular formula is C14H16O2. The zero-order valence-electron chi connectivity index (χ0n) is 9.48. The van der Waals surface area contributed by atoms with Gasteiger partial charge in [0, 0.05) is 0 Å². The van der Waals surface area contributed by atoms with Crippen LogP contribution in [0.15, 0.2) is 36.4 Å². The molecule has 0 bridgehead atoms. The number of methoxy groups -OCH3 is 1. The Hall–Kier alpha value is -1.72. The molecule has 0 fully saturated rings. The average molecular weight is 216 g/mol. The summed E-state index contributed by atoms with van der Waals surface area (Å²) in [7, 11) is 1.66. The van der Waals surface area contributed by atoms with Crippen LogP contribution in [0.1, 0.15) is 12.0 Å². The van der Waals surface area contributed by atoms with E-state index in [4.69, 9.17) is 15.9 Å². The number of hydrogen-bond donors (Lipinski definition) is 0. The topological polar surface area (TPSA) is 18.5 Å². The van der Waals surface area contributed by atoms with Gasteiger partial charge in [0.05, 0.1) is 20.3 Å². The van der Waals surface area contributed by atoms with Crippen molar-refractivity contribution in [3.05, 3.63) is 42.0 Å². The first-order chi connectivity index (χ1) is 7.86. The van der Waals surface area contributed by atoms with Crippen LogP contribution in [-0.4, -0.2) is 13.7 Å². The highest BCUT2D eigenvalue weighted by Gasteiger charge is 1.94. The highest BCUT2D eigenvalue weighted by atomic mass is 16.5. The predicted octanol–water partition coefficient (Wildman–Crippen LogP) is 2.79. The molecule has 84 valence electrons. The van der Waals surface area contributed by atoms with E-state index in [2.05, 4.69) is 5.92 Å². The van der Waals surface area contributed by atoms with Crippen molar-refractivity contribution in [2.45, 2.75) is 13.0 Å². The van der Waals surface area contributed by atoms with E-state index in [9.17, 15) is 0 Å². The van der Waals surface area contributed by atoms with Crippen molar-refractivity contribution >= 4 is 0 Å². The molecule has 0 spiro atoms. The van der Waals surface area contributed by atoms with Crippen molar-refractivity contribution in [1.29, 1.82) is 0 Å². The molecule has 0 aromatic heterocycles. The molecule has 0 saturated carbocycles. The lowest BCUT2D eigenvalue weighted by Gasteiger charge is -2.04. The van der Waals surface area contributed by atoms with Gasteiger partial charge >= 0.3 is 0 Å². The summed E-state index contributed by atoms with van der Waals surface area (Å²) in [5.41, 5.74) is 1.14. The van der Waals surface area contributed by atoms with Gasteiger partial charge in [0.1, 0.15) is 5.75 Å². The Labute approximate surface area is 96.9 Å². The maximum Gasteiger partial charge on any atom is 0.118 e. The van der Waals surface area contributed by atoms with Crippen molar-refractivity contribution < 1.29 is 9.47 Å². The molecule has 0 saturated heterocycles. The van der Waals surface area contributed by atoms with Crippen LogP contribution in [0.4, 0.5) is 0 Å². The van der Waals surface area contributed by atoms with Gasteiger partial charge in [0.15, 0.2) is 0 Å². The lowest BCUT2D eigenvalue weighted by atomic mass is 10.2. The Bertz CT molecular complexity index is 357. The fourth-order valence-corrected chi connectivity index (χ4v) is 1.21. The van der Waals surface area contributed by atoms with Gasteiger partial charge in [-0.3, -0.25) is 0 Å². The molecule has 0 radical (unpaired) electrons. The van der Waals surface area contributed by atoms with Gasteiger partial charge in [0.25, 0.3) is 0 Å². The monoisotopic (exact) mass is 216 g/mol. The van der Waals surface area contributed by atoms with Gasteiger partial charge in [-0.25, -0.2) is 0 Å². The number of hydrogen-bond acceptors (Lipinski definition) is 2. The van der Waals surface area contributed by atoms with Crippen molar-refractivity contribution in [1.82, 2.24) is 0 Å². The average Bonchev–Trinajstić information content (AvgIpc) is 2.34. The minimum Gasteiger partial charge on any atom is -0.497 e. The van der Waals surface area contributed by atoms with Crippen LogP contribution in [-0.2, 0) is 11.3 Å². The Balaban J connectivity index is 2.22. The predicted molar refractivity (Wildman–Crippen MR) is 65.2 cm³/mol. The van der Waals surface area contributed by atoms with E-state index < -0.39 is 0 Å². The minimum atomic E-state index is 0.619. The summed E-state index contributed by atoms with van der Waals surface area (Å²) >= 11 is 0. The lowest BCUT2D eigenvalue weighted by Crippen LogP contribution is -1.94. The van der Waals surface area contributed by atoms with Crippen LogP contribution < -0.4 is 4.74 Å². The second kappa shape index (κ2) is 7.56. The Kier molecular flexibility index (Phi) is 5.83. The molecule has 0 amide bonds. The molecule has 2 heteroatoms. The summed E-state index contributed by atoms with van der Waals surface area (Å²) in [5, 5.41) is 0. The van der Waals surface area contributed by atoms with E-state index in [0.717, 1.165) is 17.7 Å². The summed E-state index contributed by atoms with van der Waals surface area (Å²) in [4.78, 5) is 0. The Morgan fingerprint density at radius 3 is 2.69 bits per heavy atom. The second-order valence-corrected chi connectivity index (χ2v) is 3.26. The molecule has 1 rings (SSSR count). The molecule has 0 aliphatic rings. The Morgan fingerprint density at radius 1 is 1.31 bits per heavy atom. The van der Waals surface area contributed by atoms with Gasteiger partial charge in [-0.05, 0) is 30.2 Å². The molecule has 0 aliphatic carbocycles. The van der Waals surface area contributed by atoms with Gasteiger partial charge in [0.2, 0.25) is 0 Å². The molecule has 2 nitrogen and oxygen atoms in total. The molecule has 0 unspecified atom stereocenters. The molecule has 0 atom stereocenters. The first-order valence-electron chi connectivity index (χ1n) is 5.18. The minimum absolute atomic E-state index is 0.619. The van der Waals surface area contributed by atoms with Crippen molar-refractivity contribution in [3.8, 4) is 18.1 Å². The third-order valence-electron chi connectivity index (χ3n) is 2.07. The largest absolute Gasteiger partial charge is 0.497 e. The number of ether oxygens (including phenoxy) is 2. The quantitative estimate of drug-likeness (QED) is 0.537. The van der Waals surface area contributed by atoms with E-state index in [1.807, 2.05) is 30.3 Å². The maximum absolute atomic E-state index is 5.48. The van der Waals surface area contributed by atoms with Crippen molar-refractivity contribution in [2.24, 2.45) is 0 Å². The summed E-state index contributed by atoms with van der Waals surface area (Å²) in [6.45, 7) is 1.30. The highest BCUT2D eigenvalue weighted by molar-refractivity contribution is 5.26. The van der Waals surface area contributed by atoms with Crippen LogP contribution in [0.5, 0.6) is 5.75 Å². The van der Waals surface area contributed by atoms with Gasteiger partial charge in [-0.15, -0.1) is 6.42 Å². The van der Waals surface area contributed by atoms with Crippen molar-refractivity contribution in [3.63, 3.8) is 0 Å². The third-order valence-corrected chi connectivity index (χ3v) is 2.07. The second-order valence-electron chi connectivity index (χ2n) is 3.26. The number of benzene rings is 1. The van der Waals surface area contributed by atoms with Gasteiger partial charge < -0.3 is 9.47 Å². The van der Waals surface area contributed by atoms with Gasteiger partial charge in [-0.1, -0.05) is 24.1 Å². The van der Waals surface area contributed by atoms with Crippen LogP contribution in [0.25, 0.3) is 0 Å². The van der Waals surface area contributed by atoms with E-state index in [-0.39, 0.29) is 0 Å². The highest BCUT2D eigenvalue weighted by Crippen LogP contribution is 2.11. The van der Waals surface area contributed by atoms with Crippen molar-refractivity contribution in [2.75, 3.05) is 13.7 Å². The van der Waals surface area contributed by atoms with E-state index in [1.54, 1.807) is 13.2 Å². The van der Waals surface area contributed by atoms with Crippen LogP contribution >= 0.6 is 0 Å². The first kappa shape index (κ1) is 12.4. The standard InChI is InChI=1S/C14H16O2/c1-3-4-5-6-11-16-12-13-7-9-14(15-2)10-8-13/h1,4-5,7-10H,6,11-12H2,2H3/b5-4+. The molecule has 1 aromatic rings. The zero-order chi connectivity index (χ0) is 11.6. The summed E-state index contributed by atoms with van der Waals surface area (Å²) in [6, 6.07) is 7.85. The number of rotatable bonds is 6. The Morgan fingerprint density at radius 2 is 2.06 bits per heavy atom. The smallest absolute Gasteiger partial charge is 0.118 e. The van der Waals surface area contributed by atoms with Gasteiger partial charge in [-0.2, -0.15) is 0 Å². The van der Waals surface area contributed by atoms with E-state index in [0.29, 0.717) is 13.2 Å². The SMILES string of the molecule is C#C/C=C/CCOCc1ccc(OC)cc1. The third kappa shape index (κ3) is 4.68. The molecule has 0 aliphatic heterocycles. The van der Waals surface area contributed by atoms with Crippen LogP contribution in [0.3, 0.4) is 0 Å². The molecule has 1 aromatic carbocycles. The maximum atomic E-state index is 5.48. The lowest BCUT2D eigenvalue weighted by molar-refractivity contribution is 0.125. The molecular weight excluding hydrogens is 200 g/mol. The van der Waals surface area contributed by atoms with Crippen LogP contribution in [0, 0.1) is 12.3 Å². The fraction of sp³-hybridized carbons (Fsp3) is 0.286. The fourth-order valence-electron chi connectivity index (χ4n) is 1.21. The summed E-state index contributed by atoms with van der Waals surface area (Å²) in [5.74, 6) is 3.30. The van der Waals surface area contributed by atoms with E-state index in [1.165, 1.54) is 0 Å². The summed E-state index contributed by atoms with van der Waals surface area (Å²) in [6.07, 6.45) is 9.54. The zero-order valence-corrected chi connectivity index (χ0v) is 9.48. The first-order valence-corrected chi connectivity index (χ1v) is 5.18.